The quantitative estimate of drug-likeness (QED) is 0.604. The Hall–Kier alpha value is -2.39. The molecule has 0 unspecified atom stereocenters. The molecule has 3 aromatic carbocycles. The first-order valence-electron chi connectivity index (χ1n) is 7.36. The predicted octanol–water partition coefficient (Wildman–Crippen LogP) is 5.56. The third-order valence-corrected chi connectivity index (χ3v) is 4.18. The zero-order valence-corrected chi connectivity index (χ0v) is 14.3. The summed E-state index contributed by atoms with van der Waals surface area (Å²) in [4.78, 5) is 12.1. The molecule has 0 atom stereocenters. The Bertz CT molecular complexity index is 894. The Balaban J connectivity index is 1.80. The first kappa shape index (κ1) is 15.5. The van der Waals surface area contributed by atoms with Gasteiger partial charge in [0.15, 0.2) is 0 Å². The first-order chi connectivity index (χ1) is 11.1. The highest BCUT2D eigenvalue weighted by Gasteiger charge is 2.03. The van der Waals surface area contributed by atoms with Crippen LogP contribution in [0, 0.1) is 6.92 Å². The lowest BCUT2D eigenvalue weighted by Crippen LogP contribution is -2.08. The fraction of sp³-hybridized carbons (Fsp3) is 0.0500. The van der Waals surface area contributed by atoms with Gasteiger partial charge < -0.3 is 5.32 Å². The Kier molecular flexibility index (Phi) is 4.58. The molecular weight excluding hydrogens is 350 g/mol. The van der Waals surface area contributed by atoms with E-state index in [0.29, 0.717) is 0 Å². The summed E-state index contributed by atoms with van der Waals surface area (Å²) in [7, 11) is 0. The van der Waals surface area contributed by atoms with E-state index in [0.717, 1.165) is 26.7 Å². The maximum absolute atomic E-state index is 12.1. The number of hydrogen-bond donors (Lipinski definition) is 1. The minimum absolute atomic E-state index is 0.136. The Morgan fingerprint density at radius 2 is 1.83 bits per heavy atom. The van der Waals surface area contributed by atoms with Gasteiger partial charge >= 0.3 is 0 Å². The van der Waals surface area contributed by atoms with Gasteiger partial charge in [-0.15, -0.1) is 0 Å². The van der Waals surface area contributed by atoms with Crippen LogP contribution in [0.2, 0.25) is 0 Å². The van der Waals surface area contributed by atoms with Gasteiger partial charge in [-0.05, 0) is 53.1 Å². The number of benzene rings is 3. The van der Waals surface area contributed by atoms with Crippen LogP contribution < -0.4 is 5.32 Å². The summed E-state index contributed by atoms with van der Waals surface area (Å²) in [5, 5.41) is 5.21. The van der Waals surface area contributed by atoms with Crippen LogP contribution in [0.1, 0.15) is 11.1 Å². The molecule has 0 fully saturated rings. The molecule has 0 heterocycles. The molecule has 0 radical (unpaired) electrons. The second kappa shape index (κ2) is 6.80. The zero-order chi connectivity index (χ0) is 16.2. The molecule has 3 heteroatoms. The molecule has 0 aliphatic carbocycles. The summed E-state index contributed by atoms with van der Waals surface area (Å²) in [6, 6.07) is 20.0. The molecule has 0 spiro atoms. The lowest BCUT2D eigenvalue weighted by atomic mass is 10.0. The van der Waals surface area contributed by atoms with Crippen molar-refractivity contribution in [3.8, 4) is 0 Å². The summed E-state index contributed by atoms with van der Waals surface area (Å²) < 4.78 is 0.999. The fourth-order valence-corrected chi connectivity index (χ4v) is 2.98. The molecule has 3 aromatic rings. The molecule has 1 amide bonds. The van der Waals surface area contributed by atoms with Crippen LogP contribution in [0.3, 0.4) is 0 Å². The molecule has 0 aromatic heterocycles. The van der Waals surface area contributed by atoms with E-state index < -0.39 is 0 Å². The largest absolute Gasteiger partial charge is 0.322 e. The number of aryl methyl sites for hydroxylation is 1. The van der Waals surface area contributed by atoms with Gasteiger partial charge in [0.25, 0.3) is 0 Å². The highest BCUT2D eigenvalue weighted by Crippen LogP contribution is 2.21. The zero-order valence-electron chi connectivity index (χ0n) is 12.7. The topological polar surface area (TPSA) is 29.1 Å². The molecular formula is C20H16BrNO. The van der Waals surface area contributed by atoms with E-state index in [1.165, 1.54) is 5.39 Å². The van der Waals surface area contributed by atoms with Gasteiger partial charge in [0, 0.05) is 16.2 Å². The summed E-state index contributed by atoms with van der Waals surface area (Å²) >= 11 is 3.42. The van der Waals surface area contributed by atoms with Gasteiger partial charge in [-0.2, -0.15) is 0 Å². The van der Waals surface area contributed by atoms with Crippen LogP contribution >= 0.6 is 15.9 Å². The number of halogens is 1. The maximum atomic E-state index is 12.1. The lowest BCUT2D eigenvalue weighted by molar-refractivity contribution is -0.111. The van der Waals surface area contributed by atoms with Gasteiger partial charge in [-0.3, -0.25) is 4.79 Å². The number of amides is 1. The van der Waals surface area contributed by atoms with E-state index in [4.69, 9.17) is 0 Å². The van der Waals surface area contributed by atoms with Gasteiger partial charge in [0.1, 0.15) is 0 Å². The van der Waals surface area contributed by atoms with Crippen LogP contribution in [-0.4, -0.2) is 5.91 Å². The van der Waals surface area contributed by atoms with E-state index in [1.54, 1.807) is 6.08 Å². The monoisotopic (exact) mass is 365 g/mol. The number of rotatable bonds is 3. The van der Waals surface area contributed by atoms with Crippen molar-refractivity contribution in [1.82, 2.24) is 0 Å². The van der Waals surface area contributed by atoms with Gasteiger partial charge in [0.05, 0.1) is 0 Å². The Morgan fingerprint density at radius 1 is 1.04 bits per heavy atom. The van der Waals surface area contributed by atoms with Crippen molar-refractivity contribution < 1.29 is 4.79 Å². The van der Waals surface area contributed by atoms with Crippen LogP contribution in [0.4, 0.5) is 5.69 Å². The predicted molar refractivity (Wildman–Crippen MR) is 100 cm³/mol. The van der Waals surface area contributed by atoms with Crippen molar-refractivity contribution in [2.45, 2.75) is 6.92 Å². The molecule has 0 aliphatic heterocycles. The second-order valence-corrected chi connectivity index (χ2v) is 6.27. The van der Waals surface area contributed by atoms with Crippen molar-refractivity contribution in [2.75, 3.05) is 5.32 Å². The average molecular weight is 366 g/mol. The summed E-state index contributed by atoms with van der Waals surface area (Å²) in [5.74, 6) is -0.136. The number of nitrogens with one attached hydrogen (secondary N) is 1. The lowest BCUT2D eigenvalue weighted by Gasteiger charge is -2.06. The van der Waals surface area contributed by atoms with Crippen molar-refractivity contribution >= 4 is 44.4 Å². The van der Waals surface area contributed by atoms with Gasteiger partial charge in [-0.1, -0.05) is 58.4 Å². The number of fused-ring (bicyclic) bond motifs is 1. The van der Waals surface area contributed by atoms with Crippen LogP contribution in [0.25, 0.3) is 16.8 Å². The van der Waals surface area contributed by atoms with E-state index in [-0.39, 0.29) is 5.91 Å². The Morgan fingerprint density at radius 3 is 2.65 bits per heavy atom. The molecule has 3 rings (SSSR count). The minimum Gasteiger partial charge on any atom is -0.322 e. The van der Waals surface area contributed by atoms with Crippen molar-refractivity contribution in [1.29, 1.82) is 0 Å². The minimum atomic E-state index is -0.136. The Labute approximate surface area is 144 Å². The second-order valence-electron chi connectivity index (χ2n) is 5.35. The van der Waals surface area contributed by atoms with E-state index in [9.17, 15) is 4.79 Å². The third kappa shape index (κ3) is 3.69. The third-order valence-electron chi connectivity index (χ3n) is 3.68. The van der Waals surface area contributed by atoms with Gasteiger partial charge in [-0.25, -0.2) is 0 Å². The smallest absolute Gasteiger partial charge is 0.248 e. The van der Waals surface area contributed by atoms with Crippen LogP contribution in [-0.2, 0) is 4.79 Å². The molecule has 0 saturated heterocycles. The van der Waals surface area contributed by atoms with Crippen LogP contribution in [0.5, 0.6) is 0 Å². The summed E-state index contributed by atoms with van der Waals surface area (Å²) in [5.41, 5.74) is 2.87. The molecule has 0 aliphatic rings. The van der Waals surface area contributed by atoms with Gasteiger partial charge in [0.2, 0.25) is 5.91 Å². The van der Waals surface area contributed by atoms with E-state index >= 15 is 0 Å². The maximum Gasteiger partial charge on any atom is 0.248 e. The SMILES string of the molecule is Cc1cc(Br)ccc1NC(=O)/C=C\c1cccc2ccccc12. The van der Waals surface area contributed by atoms with E-state index in [1.807, 2.05) is 55.5 Å². The normalized spacial score (nSPS) is 11.0. The molecule has 23 heavy (non-hydrogen) atoms. The molecule has 0 bridgehead atoms. The van der Waals surface area contributed by atoms with Crippen molar-refractivity contribution in [3.63, 3.8) is 0 Å². The molecule has 114 valence electrons. The molecule has 2 nitrogen and oxygen atoms in total. The molecule has 0 saturated carbocycles. The number of anilines is 1. The molecule has 1 N–H and O–H groups in total. The highest BCUT2D eigenvalue weighted by molar-refractivity contribution is 9.10. The van der Waals surface area contributed by atoms with Crippen LogP contribution in [0.15, 0.2) is 71.2 Å². The van der Waals surface area contributed by atoms with E-state index in [2.05, 4.69) is 39.4 Å². The van der Waals surface area contributed by atoms with Crippen molar-refractivity contribution in [2.24, 2.45) is 0 Å². The standard InChI is InChI=1S/C20H16BrNO/c1-14-13-17(21)10-11-19(14)22-20(23)12-9-16-7-4-6-15-5-2-3-8-18(15)16/h2-13H,1H3,(H,22,23)/b12-9-. The first-order valence-corrected chi connectivity index (χ1v) is 8.16. The summed E-state index contributed by atoms with van der Waals surface area (Å²) in [6.07, 6.45) is 3.43. The number of carbonyl (C=O) groups excluding carboxylic acids is 1. The fourth-order valence-electron chi connectivity index (χ4n) is 2.50. The average Bonchev–Trinajstić information content (AvgIpc) is 2.55. The number of hydrogen-bond acceptors (Lipinski definition) is 1. The van der Waals surface area contributed by atoms with Crippen molar-refractivity contribution in [3.05, 3.63) is 82.3 Å². The number of carbonyl (C=O) groups is 1. The summed E-state index contributed by atoms with van der Waals surface area (Å²) in [6.45, 7) is 1.97. The highest BCUT2D eigenvalue weighted by atomic mass is 79.9.